The van der Waals surface area contributed by atoms with Crippen molar-refractivity contribution in [3.05, 3.63) is 41.4 Å². The van der Waals surface area contributed by atoms with Crippen molar-refractivity contribution >= 4 is 46.4 Å². The highest BCUT2D eigenvalue weighted by molar-refractivity contribution is 6.29. The summed E-state index contributed by atoms with van der Waals surface area (Å²) < 4.78 is 1.59. The van der Waals surface area contributed by atoms with Crippen molar-refractivity contribution < 1.29 is 9.59 Å². The third-order valence-corrected chi connectivity index (χ3v) is 8.16. The van der Waals surface area contributed by atoms with E-state index in [2.05, 4.69) is 41.5 Å². The summed E-state index contributed by atoms with van der Waals surface area (Å²) in [6, 6.07) is 5.94. The quantitative estimate of drug-likeness (QED) is 0.229. The molecule has 0 bridgehead atoms. The monoisotopic (exact) mass is 580 g/mol. The predicted octanol–water partition coefficient (Wildman–Crippen LogP) is 3.72. The van der Waals surface area contributed by atoms with Crippen molar-refractivity contribution in [1.82, 2.24) is 35.1 Å². The van der Waals surface area contributed by atoms with Gasteiger partial charge >= 0.3 is 6.03 Å². The highest BCUT2D eigenvalue weighted by atomic mass is 35.5. The first-order valence-corrected chi connectivity index (χ1v) is 15.0. The van der Waals surface area contributed by atoms with Gasteiger partial charge in [0.15, 0.2) is 11.3 Å². The number of nitrogens with zero attached hydrogens (tertiary/aromatic N) is 5. The zero-order chi connectivity index (χ0) is 28.2. The van der Waals surface area contributed by atoms with Gasteiger partial charge in [-0.2, -0.15) is 0 Å². The van der Waals surface area contributed by atoms with Gasteiger partial charge in [0.1, 0.15) is 11.0 Å². The minimum atomic E-state index is -0.341. The number of halogens is 1. The van der Waals surface area contributed by atoms with E-state index in [0.29, 0.717) is 40.6 Å². The molecule has 1 aliphatic heterocycles. The zero-order valence-corrected chi connectivity index (χ0v) is 23.8. The molecule has 3 aliphatic rings. The molecule has 2 saturated carbocycles. The lowest BCUT2D eigenvalue weighted by Gasteiger charge is -2.30. The second-order valence-electron chi connectivity index (χ2n) is 11.2. The molecule has 0 atom stereocenters. The van der Waals surface area contributed by atoms with Gasteiger partial charge in [-0.25, -0.2) is 19.3 Å². The first-order chi connectivity index (χ1) is 20.0. The highest BCUT2D eigenvalue weighted by Crippen LogP contribution is 2.30. The molecule has 3 aromatic rings. The van der Waals surface area contributed by atoms with Crippen LogP contribution in [0.4, 0.5) is 22.0 Å². The Bertz CT molecular complexity index is 1380. The van der Waals surface area contributed by atoms with E-state index in [1.54, 1.807) is 16.6 Å². The molecule has 2 aliphatic carbocycles. The summed E-state index contributed by atoms with van der Waals surface area (Å²) in [4.78, 5) is 36.4. The fourth-order valence-corrected chi connectivity index (χ4v) is 5.76. The van der Waals surface area contributed by atoms with Crippen LogP contribution in [0.5, 0.6) is 0 Å². The van der Waals surface area contributed by atoms with Gasteiger partial charge in [-0.05, 0) is 76.6 Å². The number of anilines is 3. The Labute approximate surface area is 244 Å². The average Bonchev–Trinajstić information content (AvgIpc) is 3.41. The molecule has 0 spiro atoms. The number of hydrogen-bond acceptors (Lipinski definition) is 8. The molecule has 13 heteroatoms. The van der Waals surface area contributed by atoms with Crippen LogP contribution in [0.1, 0.15) is 61.9 Å². The molecule has 41 heavy (non-hydrogen) atoms. The fourth-order valence-electron chi connectivity index (χ4n) is 5.58. The number of pyridine rings is 1. The SMILES string of the molecule is O=C(NCCN1CCCC1)N[C@H]1CC[C@H](Nc2cc(NC3CC3)c3ncc(C(=O)Nc4ccnc(Cl)c4)n3n2)CC1. The minimum absolute atomic E-state index is 0.0801. The molecule has 12 nitrogen and oxygen atoms in total. The summed E-state index contributed by atoms with van der Waals surface area (Å²) in [6.45, 7) is 3.86. The lowest BCUT2D eigenvalue weighted by Crippen LogP contribution is -2.46. The first kappa shape index (κ1) is 27.5. The number of carbonyl (C=O) groups excluding carboxylic acids is 2. The third kappa shape index (κ3) is 7.17. The first-order valence-electron chi connectivity index (χ1n) is 14.6. The van der Waals surface area contributed by atoms with Gasteiger partial charge in [-0.15, -0.1) is 5.10 Å². The number of imidazole rings is 1. The lowest BCUT2D eigenvalue weighted by atomic mass is 9.91. The summed E-state index contributed by atoms with van der Waals surface area (Å²) in [7, 11) is 0. The van der Waals surface area contributed by atoms with Crippen molar-refractivity contribution in [3.8, 4) is 0 Å². The zero-order valence-electron chi connectivity index (χ0n) is 23.0. The predicted molar refractivity (Wildman–Crippen MR) is 159 cm³/mol. The van der Waals surface area contributed by atoms with E-state index < -0.39 is 0 Å². The van der Waals surface area contributed by atoms with Crippen LogP contribution >= 0.6 is 11.6 Å². The van der Waals surface area contributed by atoms with Crippen LogP contribution in [-0.4, -0.2) is 80.7 Å². The molecule has 0 aromatic carbocycles. The largest absolute Gasteiger partial charge is 0.379 e. The minimum Gasteiger partial charge on any atom is -0.379 e. The molecule has 218 valence electrons. The van der Waals surface area contributed by atoms with E-state index in [1.807, 2.05) is 6.07 Å². The second-order valence-corrected chi connectivity index (χ2v) is 11.6. The molecule has 0 radical (unpaired) electrons. The van der Waals surface area contributed by atoms with E-state index in [0.717, 1.165) is 63.8 Å². The van der Waals surface area contributed by atoms with Crippen LogP contribution in [0.15, 0.2) is 30.6 Å². The maximum Gasteiger partial charge on any atom is 0.315 e. The van der Waals surface area contributed by atoms with Crippen LogP contribution in [0.3, 0.4) is 0 Å². The van der Waals surface area contributed by atoms with E-state index >= 15 is 0 Å². The normalized spacial score (nSPS) is 21.0. The van der Waals surface area contributed by atoms with Gasteiger partial charge in [0.2, 0.25) is 0 Å². The highest BCUT2D eigenvalue weighted by Gasteiger charge is 2.26. The maximum absolute atomic E-state index is 13.1. The summed E-state index contributed by atoms with van der Waals surface area (Å²) in [5, 5.41) is 21.1. The van der Waals surface area contributed by atoms with Crippen LogP contribution < -0.4 is 26.6 Å². The van der Waals surface area contributed by atoms with Crippen molar-refractivity contribution in [2.24, 2.45) is 0 Å². The van der Waals surface area contributed by atoms with Crippen LogP contribution in [0.25, 0.3) is 5.65 Å². The van der Waals surface area contributed by atoms with E-state index in [4.69, 9.17) is 16.7 Å². The molecule has 4 heterocycles. The Balaban J connectivity index is 1.07. The molecule has 3 amide bonds. The van der Waals surface area contributed by atoms with Crippen molar-refractivity contribution in [3.63, 3.8) is 0 Å². The Morgan fingerprint density at radius 1 is 0.951 bits per heavy atom. The van der Waals surface area contributed by atoms with Crippen LogP contribution in [0.2, 0.25) is 5.15 Å². The molecule has 1 saturated heterocycles. The van der Waals surface area contributed by atoms with Gasteiger partial charge in [0, 0.05) is 49.2 Å². The standard InChI is InChI=1S/C28H37ClN10O2/c29-24-15-21(9-10-30-24)35-27(40)23-17-32-26-22(33-18-3-4-18)16-25(37-39(23)26)34-19-5-7-20(8-6-19)36-28(41)31-11-14-38-12-1-2-13-38/h9-10,15-20,33H,1-8,11-14H2,(H,34,37)(H,30,35,40)(H2,31,36,41)/t19-,20-. The molecule has 5 N–H and O–H groups in total. The van der Waals surface area contributed by atoms with Gasteiger partial charge in [-0.3, -0.25) is 4.79 Å². The number of aromatic nitrogens is 4. The fraction of sp³-hybridized carbons (Fsp3) is 0.536. The van der Waals surface area contributed by atoms with Gasteiger partial charge in [-0.1, -0.05) is 11.6 Å². The molecule has 0 unspecified atom stereocenters. The molecular formula is C28H37ClN10O2. The Hall–Kier alpha value is -3.64. The van der Waals surface area contributed by atoms with Crippen molar-refractivity contribution in [2.75, 3.05) is 42.1 Å². The van der Waals surface area contributed by atoms with Crippen LogP contribution in [-0.2, 0) is 0 Å². The Morgan fingerprint density at radius 3 is 2.44 bits per heavy atom. The van der Waals surface area contributed by atoms with Gasteiger partial charge < -0.3 is 31.5 Å². The summed E-state index contributed by atoms with van der Waals surface area (Å²) in [6.07, 6.45) is 11.4. The number of nitrogens with one attached hydrogen (secondary N) is 5. The van der Waals surface area contributed by atoms with E-state index in [-0.39, 0.29) is 24.0 Å². The summed E-state index contributed by atoms with van der Waals surface area (Å²) in [5.41, 5.74) is 2.31. The van der Waals surface area contributed by atoms with Gasteiger partial charge in [0.05, 0.1) is 11.9 Å². The second kappa shape index (κ2) is 12.5. The Kier molecular flexibility index (Phi) is 8.38. The number of fused-ring (bicyclic) bond motifs is 1. The van der Waals surface area contributed by atoms with Crippen molar-refractivity contribution in [2.45, 2.75) is 69.5 Å². The number of amides is 3. The number of carbonyl (C=O) groups is 2. The van der Waals surface area contributed by atoms with E-state index in [1.165, 1.54) is 25.2 Å². The van der Waals surface area contributed by atoms with Crippen LogP contribution in [0, 0.1) is 0 Å². The smallest absolute Gasteiger partial charge is 0.315 e. The number of hydrogen-bond donors (Lipinski definition) is 5. The third-order valence-electron chi connectivity index (χ3n) is 7.95. The molecular weight excluding hydrogens is 544 g/mol. The summed E-state index contributed by atoms with van der Waals surface area (Å²) in [5.74, 6) is 0.336. The Morgan fingerprint density at radius 2 is 1.68 bits per heavy atom. The van der Waals surface area contributed by atoms with Crippen molar-refractivity contribution in [1.29, 1.82) is 0 Å². The lowest BCUT2D eigenvalue weighted by molar-refractivity contribution is 0.102. The summed E-state index contributed by atoms with van der Waals surface area (Å²) >= 11 is 5.98. The van der Waals surface area contributed by atoms with Gasteiger partial charge in [0.25, 0.3) is 5.91 Å². The molecule has 3 fully saturated rings. The van der Waals surface area contributed by atoms with E-state index in [9.17, 15) is 9.59 Å². The number of urea groups is 1. The molecule has 3 aromatic heterocycles. The molecule has 6 rings (SSSR count). The average molecular weight is 581 g/mol. The number of likely N-dealkylation sites (tertiary alicyclic amines) is 1. The maximum atomic E-state index is 13.1. The topological polar surface area (TPSA) is 141 Å². The number of rotatable bonds is 10.